The van der Waals surface area contributed by atoms with E-state index in [1.165, 1.54) is 5.39 Å². The number of rotatable bonds is 1. The van der Waals surface area contributed by atoms with Crippen molar-refractivity contribution in [3.05, 3.63) is 30.0 Å². The van der Waals surface area contributed by atoms with Crippen molar-refractivity contribution < 1.29 is 9.53 Å². The lowest BCUT2D eigenvalue weighted by Gasteiger charge is -2.33. The summed E-state index contributed by atoms with van der Waals surface area (Å²) in [5.41, 5.74) is 1.88. The van der Waals surface area contributed by atoms with E-state index in [-0.39, 0.29) is 6.09 Å². The highest BCUT2D eigenvalue weighted by Gasteiger charge is 2.29. The predicted molar refractivity (Wildman–Crippen MR) is 90.5 cm³/mol. The lowest BCUT2D eigenvalue weighted by Crippen LogP contribution is -2.41. The molecule has 1 aromatic carbocycles. The van der Waals surface area contributed by atoms with Crippen LogP contribution < -0.4 is 0 Å². The summed E-state index contributed by atoms with van der Waals surface area (Å²) in [5.74, 6) is 0.403. The zero-order chi connectivity index (χ0) is 16.6. The Morgan fingerprint density at radius 1 is 1.22 bits per heavy atom. The van der Waals surface area contributed by atoms with Crippen molar-refractivity contribution in [3.8, 4) is 0 Å². The Morgan fingerprint density at radius 3 is 2.52 bits per heavy atom. The Bertz CT molecular complexity index is 707. The molecule has 1 fully saturated rings. The number of benzene rings is 1. The number of hydrogen-bond donors (Lipinski definition) is 0. The van der Waals surface area contributed by atoms with E-state index < -0.39 is 5.60 Å². The molecule has 5 heteroatoms. The molecule has 2 heterocycles. The number of hydrogen-bond acceptors (Lipinski definition) is 3. The second-order valence-electron chi connectivity index (χ2n) is 7.27. The van der Waals surface area contributed by atoms with Gasteiger partial charge in [0, 0.05) is 31.4 Å². The van der Waals surface area contributed by atoms with Gasteiger partial charge in [0.2, 0.25) is 0 Å². The highest BCUT2D eigenvalue weighted by Crippen LogP contribution is 2.32. The van der Waals surface area contributed by atoms with Crippen LogP contribution in [0.4, 0.5) is 4.79 Å². The average molecular weight is 315 g/mol. The first-order valence-electron chi connectivity index (χ1n) is 8.25. The molecule has 1 aliphatic rings. The molecule has 2 aromatic rings. The third-order valence-corrected chi connectivity index (χ3v) is 4.32. The van der Waals surface area contributed by atoms with Gasteiger partial charge in [-0.05, 0) is 39.7 Å². The second-order valence-corrected chi connectivity index (χ2v) is 7.27. The Kier molecular flexibility index (Phi) is 4.04. The number of ether oxygens (including phenoxy) is 1. The van der Waals surface area contributed by atoms with Crippen molar-refractivity contribution >= 4 is 17.0 Å². The Morgan fingerprint density at radius 2 is 1.87 bits per heavy atom. The van der Waals surface area contributed by atoms with Gasteiger partial charge < -0.3 is 9.64 Å². The van der Waals surface area contributed by atoms with Gasteiger partial charge in [-0.25, -0.2) is 4.79 Å². The van der Waals surface area contributed by atoms with Crippen LogP contribution >= 0.6 is 0 Å². The summed E-state index contributed by atoms with van der Waals surface area (Å²) in [6, 6.07) is 8.34. The maximum atomic E-state index is 12.2. The number of aromatic nitrogens is 2. The first kappa shape index (κ1) is 15.8. The normalized spacial score (nSPS) is 16.8. The summed E-state index contributed by atoms with van der Waals surface area (Å²) < 4.78 is 7.41. The van der Waals surface area contributed by atoms with E-state index in [1.807, 2.05) is 43.5 Å². The van der Waals surface area contributed by atoms with Crippen LogP contribution in [0.15, 0.2) is 24.3 Å². The first-order valence-corrected chi connectivity index (χ1v) is 8.25. The zero-order valence-corrected chi connectivity index (χ0v) is 14.4. The van der Waals surface area contributed by atoms with E-state index in [0.29, 0.717) is 5.92 Å². The SMILES string of the molecule is Cn1nc(C2CCN(C(=O)OC(C)(C)C)CC2)c2ccccc21. The number of carbonyl (C=O) groups is 1. The summed E-state index contributed by atoms with van der Waals surface area (Å²) in [7, 11) is 1.99. The minimum absolute atomic E-state index is 0.207. The van der Waals surface area contributed by atoms with Gasteiger partial charge in [-0.2, -0.15) is 5.10 Å². The van der Waals surface area contributed by atoms with E-state index in [2.05, 4.69) is 18.2 Å². The van der Waals surface area contributed by atoms with Gasteiger partial charge in [-0.3, -0.25) is 4.68 Å². The number of para-hydroxylation sites is 1. The molecule has 0 radical (unpaired) electrons. The maximum Gasteiger partial charge on any atom is 0.410 e. The van der Waals surface area contributed by atoms with Crippen LogP contribution in [0, 0.1) is 0 Å². The van der Waals surface area contributed by atoms with E-state index >= 15 is 0 Å². The Labute approximate surface area is 137 Å². The Balaban J connectivity index is 1.70. The van der Waals surface area contributed by atoms with Gasteiger partial charge in [0.15, 0.2) is 0 Å². The van der Waals surface area contributed by atoms with Gasteiger partial charge in [-0.15, -0.1) is 0 Å². The molecule has 0 aliphatic carbocycles. The van der Waals surface area contributed by atoms with Crippen molar-refractivity contribution in [1.82, 2.24) is 14.7 Å². The van der Waals surface area contributed by atoms with E-state index in [1.54, 1.807) is 0 Å². The maximum absolute atomic E-state index is 12.2. The van der Waals surface area contributed by atoms with Gasteiger partial charge in [0.25, 0.3) is 0 Å². The quantitative estimate of drug-likeness (QED) is 0.806. The summed E-state index contributed by atoms with van der Waals surface area (Å²) in [5, 5.41) is 5.95. The summed E-state index contributed by atoms with van der Waals surface area (Å²) in [6.07, 6.45) is 1.65. The summed E-state index contributed by atoms with van der Waals surface area (Å²) in [4.78, 5) is 14.0. The third-order valence-electron chi connectivity index (χ3n) is 4.32. The fourth-order valence-electron chi connectivity index (χ4n) is 3.21. The zero-order valence-electron chi connectivity index (χ0n) is 14.4. The first-order chi connectivity index (χ1) is 10.8. The van der Waals surface area contributed by atoms with Crippen LogP contribution in [0.5, 0.6) is 0 Å². The standard InChI is InChI=1S/C18H25N3O2/c1-18(2,3)23-17(22)21-11-9-13(10-12-21)16-14-7-5-6-8-15(14)20(4)19-16/h5-8,13H,9-12H2,1-4H3. The van der Waals surface area contributed by atoms with Gasteiger partial charge >= 0.3 is 6.09 Å². The predicted octanol–water partition coefficient (Wildman–Crippen LogP) is 3.69. The smallest absolute Gasteiger partial charge is 0.410 e. The van der Waals surface area contributed by atoms with Crippen LogP contribution in [0.25, 0.3) is 10.9 Å². The number of amides is 1. The van der Waals surface area contributed by atoms with E-state index in [4.69, 9.17) is 9.84 Å². The van der Waals surface area contributed by atoms with Crippen molar-refractivity contribution in [2.45, 2.75) is 45.1 Å². The van der Waals surface area contributed by atoms with Crippen LogP contribution in [-0.4, -0.2) is 39.5 Å². The molecule has 0 spiro atoms. The van der Waals surface area contributed by atoms with Gasteiger partial charge in [0.05, 0.1) is 11.2 Å². The van der Waals surface area contributed by atoms with E-state index in [9.17, 15) is 4.79 Å². The molecule has 0 N–H and O–H groups in total. The number of fused-ring (bicyclic) bond motifs is 1. The van der Waals surface area contributed by atoms with E-state index in [0.717, 1.165) is 37.1 Å². The molecular formula is C18H25N3O2. The minimum atomic E-state index is -0.439. The van der Waals surface area contributed by atoms with Crippen molar-refractivity contribution in [3.63, 3.8) is 0 Å². The lowest BCUT2D eigenvalue weighted by atomic mass is 9.92. The number of piperidine rings is 1. The molecule has 1 aromatic heterocycles. The average Bonchev–Trinajstić information content (AvgIpc) is 2.83. The molecule has 3 rings (SSSR count). The highest BCUT2D eigenvalue weighted by molar-refractivity contribution is 5.82. The second kappa shape index (κ2) is 5.87. The fraction of sp³-hybridized carbons (Fsp3) is 0.556. The Hall–Kier alpha value is -2.04. The van der Waals surface area contributed by atoms with Gasteiger partial charge in [-0.1, -0.05) is 18.2 Å². The van der Waals surface area contributed by atoms with Crippen molar-refractivity contribution in [2.75, 3.05) is 13.1 Å². The molecule has 1 saturated heterocycles. The summed E-state index contributed by atoms with van der Waals surface area (Å²) >= 11 is 0. The lowest BCUT2D eigenvalue weighted by molar-refractivity contribution is 0.0204. The summed E-state index contributed by atoms with van der Waals surface area (Å²) in [6.45, 7) is 7.15. The monoisotopic (exact) mass is 315 g/mol. The molecule has 124 valence electrons. The number of carbonyl (C=O) groups excluding carboxylic acids is 1. The molecule has 1 amide bonds. The van der Waals surface area contributed by atoms with Crippen molar-refractivity contribution in [1.29, 1.82) is 0 Å². The third kappa shape index (κ3) is 3.33. The van der Waals surface area contributed by atoms with Crippen LogP contribution in [0.1, 0.15) is 45.2 Å². The number of likely N-dealkylation sites (tertiary alicyclic amines) is 1. The largest absolute Gasteiger partial charge is 0.444 e. The molecular weight excluding hydrogens is 290 g/mol. The van der Waals surface area contributed by atoms with Crippen LogP contribution in [0.3, 0.4) is 0 Å². The molecule has 0 bridgehead atoms. The highest BCUT2D eigenvalue weighted by atomic mass is 16.6. The fourth-order valence-corrected chi connectivity index (χ4v) is 3.21. The molecule has 0 atom stereocenters. The molecule has 23 heavy (non-hydrogen) atoms. The number of aryl methyl sites for hydroxylation is 1. The molecule has 1 aliphatic heterocycles. The molecule has 5 nitrogen and oxygen atoms in total. The topological polar surface area (TPSA) is 47.4 Å². The number of nitrogens with zero attached hydrogens (tertiary/aromatic N) is 3. The van der Waals surface area contributed by atoms with Crippen LogP contribution in [-0.2, 0) is 11.8 Å². The van der Waals surface area contributed by atoms with Crippen molar-refractivity contribution in [2.24, 2.45) is 7.05 Å². The van der Waals surface area contributed by atoms with Gasteiger partial charge in [0.1, 0.15) is 5.60 Å². The minimum Gasteiger partial charge on any atom is -0.444 e. The molecule has 0 unspecified atom stereocenters. The molecule has 0 saturated carbocycles. The van der Waals surface area contributed by atoms with Crippen LogP contribution in [0.2, 0.25) is 0 Å².